The lowest BCUT2D eigenvalue weighted by Crippen LogP contribution is -2.36. The maximum Gasteiger partial charge on any atom is 0.290 e. The third-order valence-corrected chi connectivity index (χ3v) is 3.99. The molecule has 0 bridgehead atoms. The number of Topliss-reactive ketones (excluding diaryl/α,β-unsaturated/α-hetero) is 1. The van der Waals surface area contributed by atoms with Crippen molar-refractivity contribution in [3.63, 3.8) is 0 Å². The van der Waals surface area contributed by atoms with E-state index < -0.39 is 17.7 Å². The molecular formula is C17H22N2O5. The topological polar surface area (TPSA) is 90.3 Å². The Morgan fingerprint density at radius 1 is 1.33 bits per heavy atom. The third kappa shape index (κ3) is 3.21. The Balaban J connectivity index is 2.50. The summed E-state index contributed by atoms with van der Waals surface area (Å²) in [7, 11) is 5.16. The first kappa shape index (κ1) is 17.8. The number of ether oxygens (including phenoxy) is 1. The van der Waals surface area contributed by atoms with Gasteiger partial charge < -0.3 is 24.7 Å². The zero-order valence-corrected chi connectivity index (χ0v) is 14.2. The fourth-order valence-corrected chi connectivity index (χ4v) is 2.76. The fraction of sp³-hybridized carbons (Fsp3) is 0.412. The van der Waals surface area contributed by atoms with Crippen LogP contribution in [0.15, 0.2) is 29.5 Å². The van der Waals surface area contributed by atoms with Gasteiger partial charge in [-0.25, -0.2) is 0 Å². The van der Waals surface area contributed by atoms with E-state index in [0.29, 0.717) is 18.7 Å². The van der Waals surface area contributed by atoms with Crippen LogP contribution >= 0.6 is 0 Å². The highest BCUT2D eigenvalue weighted by Gasteiger charge is 2.42. The molecule has 1 atom stereocenters. The summed E-state index contributed by atoms with van der Waals surface area (Å²) in [5.41, 5.74) is 0.650. The van der Waals surface area contributed by atoms with Crippen molar-refractivity contribution < 1.29 is 24.5 Å². The van der Waals surface area contributed by atoms with Crippen molar-refractivity contribution in [3.8, 4) is 11.5 Å². The number of ketones is 1. The quantitative estimate of drug-likeness (QED) is 0.814. The summed E-state index contributed by atoms with van der Waals surface area (Å²) in [6.07, 6.45) is 0. The molecule has 24 heavy (non-hydrogen) atoms. The van der Waals surface area contributed by atoms with Crippen LogP contribution in [0.5, 0.6) is 11.5 Å². The largest absolute Gasteiger partial charge is 0.504 e. The van der Waals surface area contributed by atoms with Crippen molar-refractivity contribution in [2.75, 3.05) is 34.3 Å². The summed E-state index contributed by atoms with van der Waals surface area (Å²) in [5.74, 6) is -1.26. The van der Waals surface area contributed by atoms with Gasteiger partial charge in [-0.05, 0) is 38.7 Å². The number of phenols is 1. The van der Waals surface area contributed by atoms with Gasteiger partial charge in [0.1, 0.15) is 0 Å². The van der Waals surface area contributed by atoms with Crippen molar-refractivity contribution in [1.82, 2.24) is 9.80 Å². The first-order valence-electron chi connectivity index (χ1n) is 7.54. The molecule has 0 aromatic heterocycles. The van der Waals surface area contributed by atoms with Crippen LogP contribution in [-0.4, -0.2) is 66.0 Å². The van der Waals surface area contributed by atoms with Gasteiger partial charge in [-0.3, -0.25) is 9.59 Å². The lowest BCUT2D eigenvalue weighted by atomic mass is 9.96. The van der Waals surface area contributed by atoms with E-state index in [0.717, 1.165) is 0 Å². The van der Waals surface area contributed by atoms with Crippen LogP contribution in [0.25, 0.3) is 0 Å². The predicted molar refractivity (Wildman–Crippen MR) is 88.0 cm³/mol. The van der Waals surface area contributed by atoms with Crippen molar-refractivity contribution >= 4 is 11.7 Å². The molecule has 0 aliphatic carbocycles. The smallest absolute Gasteiger partial charge is 0.290 e. The molecule has 0 saturated carbocycles. The molecule has 0 fully saturated rings. The number of aromatic hydroxyl groups is 1. The second-order valence-corrected chi connectivity index (χ2v) is 5.95. The summed E-state index contributed by atoms with van der Waals surface area (Å²) in [4.78, 5) is 27.8. The molecule has 0 saturated heterocycles. The minimum Gasteiger partial charge on any atom is -0.504 e. The molecule has 0 unspecified atom stereocenters. The van der Waals surface area contributed by atoms with Crippen LogP contribution in [0.4, 0.5) is 0 Å². The van der Waals surface area contributed by atoms with Crippen LogP contribution in [0, 0.1) is 0 Å². The van der Waals surface area contributed by atoms with Gasteiger partial charge in [-0.1, -0.05) is 6.07 Å². The molecule has 0 radical (unpaired) electrons. The second kappa shape index (κ2) is 6.92. The minimum atomic E-state index is -0.704. The van der Waals surface area contributed by atoms with Crippen molar-refractivity contribution in [3.05, 3.63) is 35.1 Å². The lowest BCUT2D eigenvalue weighted by molar-refractivity contribution is -0.129. The number of methoxy groups -OCH3 is 1. The Labute approximate surface area is 140 Å². The number of carbonyl (C=O) groups is 2. The molecule has 1 aliphatic rings. The summed E-state index contributed by atoms with van der Waals surface area (Å²) in [6, 6.07) is 3.91. The zero-order chi connectivity index (χ0) is 18.0. The molecule has 1 aromatic rings. The molecule has 7 nitrogen and oxygen atoms in total. The monoisotopic (exact) mass is 334 g/mol. The molecular weight excluding hydrogens is 312 g/mol. The van der Waals surface area contributed by atoms with E-state index in [1.807, 2.05) is 19.0 Å². The average Bonchev–Trinajstić information content (AvgIpc) is 2.77. The maximum absolute atomic E-state index is 12.4. The minimum absolute atomic E-state index is 0.0389. The highest BCUT2D eigenvalue weighted by molar-refractivity contribution is 6.08. The van der Waals surface area contributed by atoms with Crippen LogP contribution in [-0.2, 0) is 9.59 Å². The second-order valence-electron chi connectivity index (χ2n) is 5.95. The van der Waals surface area contributed by atoms with E-state index in [9.17, 15) is 19.8 Å². The first-order valence-corrected chi connectivity index (χ1v) is 7.54. The van der Waals surface area contributed by atoms with Crippen molar-refractivity contribution in [1.29, 1.82) is 0 Å². The molecule has 7 heteroatoms. The first-order chi connectivity index (χ1) is 11.3. The van der Waals surface area contributed by atoms with Gasteiger partial charge in [-0.15, -0.1) is 0 Å². The van der Waals surface area contributed by atoms with Crippen LogP contribution in [0.3, 0.4) is 0 Å². The normalized spacial score (nSPS) is 17.8. The van der Waals surface area contributed by atoms with Crippen molar-refractivity contribution in [2.24, 2.45) is 0 Å². The number of hydrogen-bond donors (Lipinski definition) is 2. The number of nitrogens with zero attached hydrogens (tertiary/aromatic N) is 2. The Kier molecular flexibility index (Phi) is 5.14. The number of hydrogen-bond acceptors (Lipinski definition) is 6. The SMILES string of the molecule is COc1cc([C@H]2C(C(C)=O)=C(O)C(=O)N2CCN(C)C)ccc1O. The molecule has 2 N–H and O–H groups in total. The maximum atomic E-state index is 12.4. The van der Waals surface area contributed by atoms with Gasteiger partial charge in [-0.2, -0.15) is 0 Å². The molecule has 1 aromatic carbocycles. The van der Waals surface area contributed by atoms with Gasteiger partial charge >= 0.3 is 0 Å². The Morgan fingerprint density at radius 2 is 2.00 bits per heavy atom. The Hall–Kier alpha value is -2.54. The van der Waals surface area contributed by atoms with E-state index >= 15 is 0 Å². The van der Waals surface area contributed by atoms with E-state index in [-0.39, 0.29) is 22.9 Å². The number of amides is 1. The zero-order valence-electron chi connectivity index (χ0n) is 14.2. The van der Waals surface area contributed by atoms with Gasteiger partial charge in [0, 0.05) is 13.1 Å². The number of carbonyl (C=O) groups excluding carboxylic acids is 2. The van der Waals surface area contributed by atoms with Gasteiger partial charge in [0.25, 0.3) is 5.91 Å². The fourth-order valence-electron chi connectivity index (χ4n) is 2.76. The third-order valence-electron chi connectivity index (χ3n) is 3.99. The van der Waals surface area contributed by atoms with Crippen molar-refractivity contribution in [2.45, 2.75) is 13.0 Å². The summed E-state index contributed by atoms with van der Waals surface area (Å²) < 4.78 is 5.10. The lowest BCUT2D eigenvalue weighted by Gasteiger charge is -2.28. The molecule has 1 heterocycles. The molecule has 2 rings (SSSR count). The van der Waals surface area contributed by atoms with E-state index in [2.05, 4.69) is 0 Å². The standard InChI is InChI=1S/C17H22N2O5/c1-10(20)14-15(11-5-6-12(21)13(9-11)24-4)19(8-7-18(2)3)17(23)16(14)22/h5-6,9,15,21-22H,7-8H2,1-4H3/t15-/m0/s1. The Bertz CT molecular complexity index is 696. The van der Waals surface area contributed by atoms with Crippen LogP contribution in [0.1, 0.15) is 18.5 Å². The number of rotatable bonds is 6. The van der Waals surface area contributed by atoms with Gasteiger partial charge in [0.15, 0.2) is 23.0 Å². The van der Waals surface area contributed by atoms with E-state index in [1.54, 1.807) is 12.1 Å². The molecule has 130 valence electrons. The number of aliphatic hydroxyl groups excluding tert-OH is 1. The number of likely N-dealkylation sites (N-methyl/N-ethyl adjacent to an activating group) is 1. The van der Waals surface area contributed by atoms with Gasteiger partial charge in [0.2, 0.25) is 0 Å². The summed E-state index contributed by atoms with van der Waals surface area (Å²) in [6.45, 7) is 2.25. The number of benzene rings is 1. The number of aliphatic hydroxyl groups is 1. The summed E-state index contributed by atoms with van der Waals surface area (Å²) >= 11 is 0. The van der Waals surface area contributed by atoms with E-state index in [1.165, 1.54) is 25.0 Å². The molecule has 1 amide bonds. The molecule has 1 aliphatic heterocycles. The summed E-state index contributed by atoms with van der Waals surface area (Å²) in [5, 5.41) is 19.9. The van der Waals surface area contributed by atoms with Gasteiger partial charge in [0.05, 0.1) is 18.7 Å². The van der Waals surface area contributed by atoms with Crippen LogP contribution in [0.2, 0.25) is 0 Å². The average molecular weight is 334 g/mol. The predicted octanol–water partition coefficient (Wildman–Crippen LogP) is 1.25. The number of phenolic OH excluding ortho intramolecular Hbond substituents is 1. The highest BCUT2D eigenvalue weighted by atomic mass is 16.5. The highest BCUT2D eigenvalue weighted by Crippen LogP contribution is 2.40. The molecule has 0 spiro atoms. The van der Waals surface area contributed by atoms with Crippen LogP contribution < -0.4 is 4.74 Å². The van der Waals surface area contributed by atoms with E-state index in [4.69, 9.17) is 4.74 Å². The Morgan fingerprint density at radius 3 is 2.54 bits per heavy atom.